The van der Waals surface area contributed by atoms with E-state index >= 15 is 0 Å². The van der Waals surface area contributed by atoms with Gasteiger partial charge in [0.1, 0.15) is 0 Å². The summed E-state index contributed by atoms with van der Waals surface area (Å²) in [5.41, 5.74) is 7.57. The van der Waals surface area contributed by atoms with E-state index in [9.17, 15) is 4.79 Å². The van der Waals surface area contributed by atoms with Crippen LogP contribution in [0.25, 0.3) is 11.1 Å². The van der Waals surface area contributed by atoms with Crippen LogP contribution >= 0.6 is 0 Å². The van der Waals surface area contributed by atoms with Crippen molar-refractivity contribution in [3.8, 4) is 11.1 Å². The van der Waals surface area contributed by atoms with Crippen LogP contribution in [0.2, 0.25) is 0 Å². The van der Waals surface area contributed by atoms with Gasteiger partial charge in [-0.2, -0.15) is 0 Å². The van der Waals surface area contributed by atoms with Gasteiger partial charge in [-0.05, 0) is 72.9 Å². The average Bonchev–Trinajstić information content (AvgIpc) is 3.15. The molecule has 0 bridgehead atoms. The van der Waals surface area contributed by atoms with Gasteiger partial charge in [-0.25, -0.2) is 0 Å². The number of hydrogen-bond donors (Lipinski definition) is 2. The molecule has 4 heteroatoms. The van der Waals surface area contributed by atoms with Gasteiger partial charge in [-0.3, -0.25) is 9.78 Å². The van der Waals surface area contributed by atoms with E-state index in [-0.39, 0.29) is 11.8 Å². The molecule has 4 nitrogen and oxygen atoms in total. The largest absolute Gasteiger partial charge is 0.384 e. The summed E-state index contributed by atoms with van der Waals surface area (Å²) in [5.74, 6) is -0.188. The third kappa shape index (κ3) is 3.70. The molecule has 0 radical (unpaired) electrons. The van der Waals surface area contributed by atoms with Crippen LogP contribution in [0.4, 0.5) is 11.4 Å². The van der Waals surface area contributed by atoms with Crippen molar-refractivity contribution in [2.24, 2.45) is 0 Å². The highest BCUT2D eigenvalue weighted by Gasteiger charge is 2.18. The monoisotopic (exact) mass is 357 g/mol. The van der Waals surface area contributed by atoms with Crippen molar-refractivity contribution in [1.29, 1.82) is 0 Å². The van der Waals surface area contributed by atoms with Gasteiger partial charge in [0, 0.05) is 29.8 Å². The average molecular weight is 357 g/mol. The molecule has 1 unspecified atom stereocenters. The lowest BCUT2D eigenvalue weighted by atomic mass is 9.97. The van der Waals surface area contributed by atoms with Crippen LogP contribution in [0.3, 0.4) is 0 Å². The first-order valence-corrected chi connectivity index (χ1v) is 9.31. The van der Waals surface area contributed by atoms with E-state index in [1.54, 1.807) is 0 Å². The molecule has 1 aliphatic heterocycles. The fraction of sp³-hybridized carbons (Fsp3) is 0.217. The number of benzene rings is 2. The highest BCUT2D eigenvalue weighted by atomic mass is 16.1. The molecule has 0 saturated heterocycles. The normalized spacial score (nSPS) is 13.6. The number of anilines is 2. The number of aryl methyl sites for hydroxylation is 1. The molecule has 2 N–H and O–H groups in total. The highest BCUT2D eigenvalue weighted by molar-refractivity contribution is 5.95. The minimum absolute atomic E-state index is 0.00779. The zero-order valence-electron chi connectivity index (χ0n) is 15.6. The van der Waals surface area contributed by atoms with Gasteiger partial charge in [0.15, 0.2) is 0 Å². The van der Waals surface area contributed by atoms with Crippen molar-refractivity contribution < 1.29 is 4.79 Å². The predicted molar refractivity (Wildman–Crippen MR) is 110 cm³/mol. The van der Waals surface area contributed by atoms with E-state index in [0.29, 0.717) is 0 Å². The first-order chi connectivity index (χ1) is 13.1. The Balaban J connectivity index is 1.46. The molecule has 136 valence electrons. The first-order valence-electron chi connectivity index (χ1n) is 9.31. The van der Waals surface area contributed by atoms with Crippen molar-refractivity contribution in [2.75, 3.05) is 17.2 Å². The Morgan fingerprint density at radius 2 is 1.89 bits per heavy atom. The maximum Gasteiger partial charge on any atom is 0.231 e. The summed E-state index contributed by atoms with van der Waals surface area (Å²) in [7, 11) is 0. The van der Waals surface area contributed by atoms with Gasteiger partial charge < -0.3 is 10.6 Å². The van der Waals surface area contributed by atoms with Crippen LogP contribution in [-0.4, -0.2) is 17.4 Å². The number of nitrogens with one attached hydrogen (secondary N) is 2. The highest BCUT2D eigenvalue weighted by Crippen LogP contribution is 2.28. The number of carbonyl (C=O) groups is 1. The van der Waals surface area contributed by atoms with Crippen LogP contribution in [-0.2, 0) is 11.2 Å². The lowest BCUT2D eigenvalue weighted by molar-refractivity contribution is -0.117. The van der Waals surface area contributed by atoms with Crippen LogP contribution in [0.15, 0.2) is 60.8 Å². The standard InChI is InChI=1S/C23H23N3O/c1-15-13-19(9-11-24-15)17-3-6-21(7-4-17)26-23(27)16(2)18-5-8-22-20(14-18)10-12-25-22/h3-9,11,13-14,16,25H,10,12H2,1-2H3,(H,26,27). The molecule has 1 aromatic heterocycles. The molecule has 0 spiro atoms. The quantitative estimate of drug-likeness (QED) is 0.707. The minimum Gasteiger partial charge on any atom is -0.384 e. The topological polar surface area (TPSA) is 54.0 Å². The second-order valence-corrected chi connectivity index (χ2v) is 7.07. The molecular formula is C23H23N3O. The summed E-state index contributed by atoms with van der Waals surface area (Å²) in [4.78, 5) is 16.9. The molecule has 1 atom stereocenters. The molecule has 1 amide bonds. The van der Waals surface area contributed by atoms with Gasteiger partial charge in [-0.1, -0.05) is 24.3 Å². The summed E-state index contributed by atoms with van der Waals surface area (Å²) < 4.78 is 0. The lowest BCUT2D eigenvalue weighted by Crippen LogP contribution is -2.18. The van der Waals surface area contributed by atoms with Crippen LogP contribution in [0.1, 0.15) is 29.7 Å². The van der Waals surface area contributed by atoms with E-state index < -0.39 is 0 Å². The van der Waals surface area contributed by atoms with E-state index in [0.717, 1.165) is 41.0 Å². The third-order valence-electron chi connectivity index (χ3n) is 5.11. The number of nitrogens with zero attached hydrogens (tertiary/aromatic N) is 1. The molecule has 27 heavy (non-hydrogen) atoms. The number of aromatic nitrogens is 1. The molecule has 4 rings (SSSR count). The first kappa shape index (κ1) is 17.3. The van der Waals surface area contributed by atoms with Crippen LogP contribution in [0, 0.1) is 6.92 Å². The Morgan fingerprint density at radius 1 is 1.07 bits per heavy atom. The number of amides is 1. The Hall–Kier alpha value is -3.14. The zero-order valence-corrected chi connectivity index (χ0v) is 15.6. The summed E-state index contributed by atoms with van der Waals surface area (Å²) in [6, 6.07) is 18.2. The van der Waals surface area contributed by atoms with E-state index in [1.165, 1.54) is 11.3 Å². The van der Waals surface area contributed by atoms with Crippen molar-refractivity contribution in [3.63, 3.8) is 0 Å². The smallest absolute Gasteiger partial charge is 0.231 e. The summed E-state index contributed by atoms with van der Waals surface area (Å²) in [6.45, 7) is 4.91. The maximum atomic E-state index is 12.7. The van der Waals surface area contributed by atoms with E-state index in [1.807, 2.05) is 56.4 Å². The number of pyridine rings is 1. The molecule has 0 saturated carbocycles. The Morgan fingerprint density at radius 3 is 2.67 bits per heavy atom. The van der Waals surface area contributed by atoms with Crippen molar-refractivity contribution >= 4 is 17.3 Å². The fourth-order valence-electron chi connectivity index (χ4n) is 3.47. The van der Waals surface area contributed by atoms with Crippen molar-refractivity contribution in [1.82, 2.24) is 4.98 Å². The Bertz CT molecular complexity index is 979. The number of carbonyl (C=O) groups excluding carboxylic acids is 1. The predicted octanol–water partition coefficient (Wildman–Crippen LogP) is 4.77. The zero-order chi connectivity index (χ0) is 18.8. The molecule has 3 aromatic rings. The van der Waals surface area contributed by atoms with Gasteiger partial charge in [-0.15, -0.1) is 0 Å². The summed E-state index contributed by atoms with van der Waals surface area (Å²) >= 11 is 0. The molecular weight excluding hydrogens is 334 g/mol. The fourth-order valence-corrected chi connectivity index (χ4v) is 3.47. The minimum atomic E-state index is -0.196. The lowest BCUT2D eigenvalue weighted by Gasteiger charge is -2.14. The Labute approximate surface area is 159 Å². The Kier molecular flexibility index (Phi) is 4.63. The SMILES string of the molecule is Cc1cc(-c2ccc(NC(=O)C(C)c3ccc4c(c3)CCN4)cc2)ccn1. The van der Waals surface area contributed by atoms with Gasteiger partial charge in [0.2, 0.25) is 5.91 Å². The van der Waals surface area contributed by atoms with Gasteiger partial charge in [0.05, 0.1) is 5.92 Å². The second-order valence-electron chi connectivity index (χ2n) is 7.07. The molecule has 2 heterocycles. The van der Waals surface area contributed by atoms with E-state index in [4.69, 9.17) is 0 Å². The van der Waals surface area contributed by atoms with Gasteiger partial charge >= 0.3 is 0 Å². The van der Waals surface area contributed by atoms with Gasteiger partial charge in [0.25, 0.3) is 0 Å². The summed E-state index contributed by atoms with van der Waals surface area (Å²) in [5, 5.41) is 6.38. The van der Waals surface area contributed by atoms with Crippen molar-refractivity contribution in [3.05, 3.63) is 77.6 Å². The molecule has 1 aliphatic rings. The molecule has 0 fully saturated rings. The molecule has 0 aliphatic carbocycles. The van der Waals surface area contributed by atoms with Crippen LogP contribution < -0.4 is 10.6 Å². The van der Waals surface area contributed by atoms with Crippen molar-refractivity contribution in [2.45, 2.75) is 26.2 Å². The number of hydrogen-bond acceptors (Lipinski definition) is 3. The number of fused-ring (bicyclic) bond motifs is 1. The van der Waals surface area contributed by atoms with Crippen LogP contribution in [0.5, 0.6) is 0 Å². The summed E-state index contributed by atoms with van der Waals surface area (Å²) in [6.07, 6.45) is 2.83. The maximum absolute atomic E-state index is 12.7. The third-order valence-corrected chi connectivity index (χ3v) is 5.11. The number of rotatable bonds is 4. The van der Waals surface area contributed by atoms with E-state index in [2.05, 4.69) is 33.8 Å². The molecule has 2 aromatic carbocycles. The second kappa shape index (κ2) is 7.23.